The Kier molecular flexibility index (Phi) is 3.55. The number of carbonyl (C=O) groups is 1. The van der Waals surface area contributed by atoms with E-state index in [-0.39, 0.29) is 11.3 Å². The van der Waals surface area contributed by atoms with Gasteiger partial charge in [0.05, 0.1) is 0 Å². The monoisotopic (exact) mass is 265 g/mol. The number of anilines is 1. The first-order valence-corrected chi connectivity index (χ1v) is 5.50. The van der Waals surface area contributed by atoms with E-state index in [1.165, 1.54) is 25.1 Å². The van der Waals surface area contributed by atoms with Crippen molar-refractivity contribution in [1.82, 2.24) is 0 Å². The molecule has 0 aromatic heterocycles. The maximum atomic E-state index is 13.7. The minimum Gasteiger partial charge on any atom is -0.322 e. The van der Waals surface area contributed by atoms with Gasteiger partial charge in [-0.05, 0) is 42.8 Å². The summed E-state index contributed by atoms with van der Waals surface area (Å²) in [5, 5.41) is 2.31. The molecule has 0 saturated heterocycles. The van der Waals surface area contributed by atoms with Crippen LogP contribution in [0.25, 0.3) is 0 Å². The van der Waals surface area contributed by atoms with Crippen LogP contribution in [0.4, 0.5) is 18.9 Å². The van der Waals surface area contributed by atoms with Gasteiger partial charge in [0.1, 0.15) is 23.0 Å². The smallest absolute Gasteiger partial charge is 0.261 e. The molecule has 0 bridgehead atoms. The van der Waals surface area contributed by atoms with Crippen LogP contribution in [0.15, 0.2) is 36.4 Å². The van der Waals surface area contributed by atoms with E-state index in [9.17, 15) is 18.0 Å². The summed E-state index contributed by atoms with van der Waals surface area (Å²) in [7, 11) is 0. The standard InChI is InChI=1S/C14H10F3NO/c1-8-2-7-11(16)12(13(8)17)14(19)18-10-5-3-9(15)4-6-10/h2-7H,1H3,(H,18,19). The number of nitrogens with one attached hydrogen (secondary N) is 1. The largest absolute Gasteiger partial charge is 0.322 e. The van der Waals surface area contributed by atoms with E-state index in [2.05, 4.69) is 5.32 Å². The Labute approximate surface area is 107 Å². The summed E-state index contributed by atoms with van der Waals surface area (Å²) in [6.07, 6.45) is 0. The molecule has 0 aliphatic rings. The van der Waals surface area contributed by atoms with Gasteiger partial charge >= 0.3 is 0 Å². The van der Waals surface area contributed by atoms with E-state index in [4.69, 9.17) is 0 Å². The first-order chi connectivity index (χ1) is 8.99. The number of amides is 1. The van der Waals surface area contributed by atoms with Crippen molar-refractivity contribution < 1.29 is 18.0 Å². The fourth-order valence-electron chi connectivity index (χ4n) is 1.59. The Balaban J connectivity index is 2.30. The molecule has 1 N–H and O–H groups in total. The van der Waals surface area contributed by atoms with E-state index in [0.29, 0.717) is 0 Å². The summed E-state index contributed by atoms with van der Waals surface area (Å²) in [5.74, 6) is -3.22. The van der Waals surface area contributed by atoms with Crippen molar-refractivity contribution >= 4 is 11.6 Å². The van der Waals surface area contributed by atoms with Gasteiger partial charge in [-0.1, -0.05) is 6.07 Å². The van der Waals surface area contributed by atoms with Gasteiger partial charge < -0.3 is 5.32 Å². The maximum absolute atomic E-state index is 13.7. The van der Waals surface area contributed by atoms with Crippen LogP contribution in [0.2, 0.25) is 0 Å². The summed E-state index contributed by atoms with van der Waals surface area (Å²) >= 11 is 0. The maximum Gasteiger partial charge on any atom is 0.261 e. The Morgan fingerprint density at radius 1 is 1.00 bits per heavy atom. The second-order valence-electron chi connectivity index (χ2n) is 4.01. The summed E-state index contributed by atoms with van der Waals surface area (Å²) in [5.41, 5.74) is -0.221. The van der Waals surface area contributed by atoms with Crippen LogP contribution < -0.4 is 5.32 Å². The Morgan fingerprint density at radius 2 is 1.63 bits per heavy atom. The van der Waals surface area contributed by atoms with Crippen molar-refractivity contribution in [2.75, 3.05) is 5.32 Å². The SMILES string of the molecule is Cc1ccc(F)c(C(=O)Nc2ccc(F)cc2)c1F. The molecule has 0 fully saturated rings. The molecule has 2 aromatic carbocycles. The molecule has 0 heterocycles. The number of hydrogen-bond donors (Lipinski definition) is 1. The number of halogens is 3. The fourth-order valence-corrected chi connectivity index (χ4v) is 1.59. The van der Waals surface area contributed by atoms with Crippen LogP contribution in [0, 0.1) is 24.4 Å². The summed E-state index contributed by atoms with van der Waals surface area (Å²) < 4.78 is 39.9. The zero-order chi connectivity index (χ0) is 14.0. The fraction of sp³-hybridized carbons (Fsp3) is 0.0714. The highest BCUT2D eigenvalue weighted by atomic mass is 19.1. The van der Waals surface area contributed by atoms with Crippen LogP contribution >= 0.6 is 0 Å². The zero-order valence-corrected chi connectivity index (χ0v) is 10.0. The Morgan fingerprint density at radius 3 is 2.26 bits per heavy atom. The molecule has 0 unspecified atom stereocenters. The predicted molar refractivity (Wildman–Crippen MR) is 65.4 cm³/mol. The third kappa shape index (κ3) is 2.76. The van der Waals surface area contributed by atoms with Gasteiger partial charge in [-0.2, -0.15) is 0 Å². The predicted octanol–water partition coefficient (Wildman–Crippen LogP) is 3.66. The van der Waals surface area contributed by atoms with Crippen molar-refractivity contribution in [3.05, 3.63) is 65.0 Å². The lowest BCUT2D eigenvalue weighted by Crippen LogP contribution is -2.16. The third-order valence-corrected chi connectivity index (χ3v) is 2.61. The summed E-state index contributed by atoms with van der Waals surface area (Å²) in [4.78, 5) is 11.8. The van der Waals surface area contributed by atoms with Gasteiger partial charge in [-0.15, -0.1) is 0 Å². The molecular weight excluding hydrogens is 255 g/mol. The topological polar surface area (TPSA) is 29.1 Å². The minimum atomic E-state index is -0.942. The van der Waals surface area contributed by atoms with Crippen LogP contribution in [0.5, 0.6) is 0 Å². The van der Waals surface area contributed by atoms with Crippen LogP contribution in [-0.2, 0) is 0 Å². The Hall–Kier alpha value is -2.30. The van der Waals surface area contributed by atoms with Crippen molar-refractivity contribution in [2.24, 2.45) is 0 Å². The van der Waals surface area contributed by atoms with Crippen molar-refractivity contribution in [2.45, 2.75) is 6.92 Å². The van der Waals surface area contributed by atoms with Gasteiger partial charge in [0.25, 0.3) is 5.91 Å². The summed E-state index contributed by atoms with van der Waals surface area (Å²) in [6, 6.07) is 7.16. The highest BCUT2D eigenvalue weighted by molar-refractivity contribution is 6.04. The van der Waals surface area contributed by atoms with Crippen molar-refractivity contribution in [3.63, 3.8) is 0 Å². The number of benzene rings is 2. The van der Waals surface area contributed by atoms with E-state index < -0.39 is 28.9 Å². The van der Waals surface area contributed by atoms with Crippen LogP contribution in [-0.4, -0.2) is 5.91 Å². The lowest BCUT2D eigenvalue weighted by Gasteiger charge is -2.08. The quantitative estimate of drug-likeness (QED) is 0.882. The zero-order valence-electron chi connectivity index (χ0n) is 10.0. The third-order valence-electron chi connectivity index (χ3n) is 2.61. The molecule has 0 aliphatic heterocycles. The minimum absolute atomic E-state index is 0.172. The molecule has 0 aliphatic carbocycles. The van der Waals surface area contributed by atoms with Crippen LogP contribution in [0.3, 0.4) is 0 Å². The van der Waals surface area contributed by atoms with Crippen molar-refractivity contribution in [3.8, 4) is 0 Å². The molecule has 1 amide bonds. The van der Waals surface area contributed by atoms with E-state index in [0.717, 1.165) is 18.2 Å². The summed E-state index contributed by atoms with van der Waals surface area (Å²) in [6.45, 7) is 1.43. The lowest BCUT2D eigenvalue weighted by molar-refractivity contribution is 0.101. The number of carbonyl (C=O) groups excluding carboxylic acids is 1. The second-order valence-corrected chi connectivity index (χ2v) is 4.01. The van der Waals surface area contributed by atoms with Gasteiger partial charge in [0.2, 0.25) is 0 Å². The molecule has 98 valence electrons. The lowest BCUT2D eigenvalue weighted by atomic mass is 10.1. The van der Waals surface area contributed by atoms with E-state index in [1.54, 1.807) is 0 Å². The molecule has 0 saturated carbocycles. The molecule has 0 atom stereocenters. The molecule has 19 heavy (non-hydrogen) atoms. The normalized spacial score (nSPS) is 10.3. The highest BCUT2D eigenvalue weighted by Crippen LogP contribution is 2.18. The van der Waals surface area contributed by atoms with Gasteiger partial charge in [-0.3, -0.25) is 4.79 Å². The van der Waals surface area contributed by atoms with E-state index in [1.807, 2.05) is 0 Å². The van der Waals surface area contributed by atoms with Crippen molar-refractivity contribution in [1.29, 1.82) is 0 Å². The van der Waals surface area contributed by atoms with Gasteiger partial charge in [0.15, 0.2) is 0 Å². The van der Waals surface area contributed by atoms with Gasteiger partial charge in [0, 0.05) is 5.69 Å². The highest BCUT2D eigenvalue weighted by Gasteiger charge is 2.19. The molecule has 2 nitrogen and oxygen atoms in total. The molecule has 2 aromatic rings. The molecule has 2 rings (SSSR count). The first kappa shape index (κ1) is 13.1. The molecule has 0 radical (unpaired) electrons. The molecule has 0 spiro atoms. The average molecular weight is 265 g/mol. The number of rotatable bonds is 2. The first-order valence-electron chi connectivity index (χ1n) is 5.50. The average Bonchev–Trinajstić information content (AvgIpc) is 2.37. The number of aryl methyl sites for hydroxylation is 1. The molecular formula is C14H10F3NO. The molecule has 5 heteroatoms. The van der Waals surface area contributed by atoms with Gasteiger partial charge in [-0.25, -0.2) is 13.2 Å². The number of hydrogen-bond acceptors (Lipinski definition) is 1. The van der Waals surface area contributed by atoms with E-state index >= 15 is 0 Å². The Bertz CT molecular complexity index is 623. The second kappa shape index (κ2) is 5.14. The van der Waals surface area contributed by atoms with Crippen LogP contribution in [0.1, 0.15) is 15.9 Å².